The third-order valence-electron chi connectivity index (χ3n) is 5.25. The van der Waals surface area contributed by atoms with E-state index >= 15 is 0 Å². The molecule has 1 aliphatic heterocycles. The van der Waals surface area contributed by atoms with E-state index in [9.17, 15) is 4.79 Å². The number of furan rings is 1. The summed E-state index contributed by atoms with van der Waals surface area (Å²) in [4.78, 5) is 17.0. The molecule has 4 rings (SSSR count). The first-order valence-corrected chi connectivity index (χ1v) is 9.86. The number of carbonyl (C=O) groups excluding carboxylic acids is 1. The van der Waals surface area contributed by atoms with Crippen LogP contribution in [0.25, 0.3) is 0 Å². The van der Waals surface area contributed by atoms with E-state index < -0.39 is 0 Å². The van der Waals surface area contributed by atoms with Crippen molar-refractivity contribution in [2.45, 2.75) is 39.0 Å². The lowest BCUT2D eigenvalue weighted by Gasteiger charge is -2.25. The van der Waals surface area contributed by atoms with Gasteiger partial charge in [-0.25, -0.2) is 0 Å². The summed E-state index contributed by atoms with van der Waals surface area (Å²) < 4.78 is 11.9. The minimum atomic E-state index is 0.0387. The van der Waals surface area contributed by atoms with Crippen LogP contribution in [0.2, 0.25) is 0 Å². The summed E-state index contributed by atoms with van der Waals surface area (Å²) >= 11 is 0. The number of hydrogen-bond donors (Lipinski definition) is 0. The SMILES string of the molecule is Cc1ccc(CN2CC(=O)N(Cc3ccccc3)CC(OCC3CC3)C2)o1. The molecule has 0 N–H and O–H groups in total. The van der Waals surface area contributed by atoms with E-state index in [0.29, 0.717) is 32.1 Å². The molecule has 5 heteroatoms. The van der Waals surface area contributed by atoms with Crippen LogP contribution < -0.4 is 0 Å². The molecule has 2 fully saturated rings. The van der Waals surface area contributed by atoms with Gasteiger partial charge in [-0.1, -0.05) is 30.3 Å². The smallest absolute Gasteiger partial charge is 0.237 e. The van der Waals surface area contributed by atoms with Crippen molar-refractivity contribution in [3.8, 4) is 0 Å². The van der Waals surface area contributed by atoms with Crippen LogP contribution in [0.5, 0.6) is 0 Å². The highest BCUT2D eigenvalue weighted by molar-refractivity contribution is 5.78. The van der Waals surface area contributed by atoms with E-state index in [0.717, 1.165) is 30.2 Å². The standard InChI is InChI=1S/C22H28N2O3/c1-17-7-10-20(27-17)12-23-13-21(26-16-19-8-9-19)14-24(22(25)15-23)11-18-5-3-2-4-6-18/h2-7,10,19,21H,8-9,11-16H2,1H3. The Kier molecular flexibility index (Phi) is 5.60. The van der Waals surface area contributed by atoms with Crippen molar-refractivity contribution in [2.24, 2.45) is 5.92 Å². The summed E-state index contributed by atoms with van der Waals surface area (Å²) in [6, 6.07) is 14.1. The van der Waals surface area contributed by atoms with Crippen molar-refractivity contribution >= 4 is 5.91 Å². The average molecular weight is 368 g/mol. The zero-order valence-electron chi connectivity index (χ0n) is 16.0. The van der Waals surface area contributed by atoms with Crippen LogP contribution >= 0.6 is 0 Å². The maximum absolute atomic E-state index is 12.9. The number of rotatable bonds is 7. The highest BCUT2D eigenvalue weighted by Gasteiger charge is 2.30. The molecule has 2 aliphatic rings. The Hall–Kier alpha value is -2.11. The van der Waals surface area contributed by atoms with Crippen LogP contribution in [0.3, 0.4) is 0 Å². The quantitative estimate of drug-likeness (QED) is 0.753. The molecule has 144 valence electrons. The van der Waals surface area contributed by atoms with E-state index in [4.69, 9.17) is 9.15 Å². The Morgan fingerprint density at radius 2 is 1.89 bits per heavy atom. The molecule has 1 aliphatic carbocycles. The second-order valence-corrected chi connectivity index (χ2v) is 7.84. The number of aryl methyl sites for hydroxylation is 1. The van der Waals surface area contributed by atoms with Gasteiger partial charge in [-0.15, -0.1) is 0 Å². The van der Waals surface area contributed by atoms with Crippen molar-refractivity contribution in [3.05, 3.63) is 59.5 Å². The van der Waals surface area contributed by atoms with Gasteiger partial charge in [0.25, 0.3) is 0 Å². The average Bonchev–Trinajstić information content (AvgIpc) is 3.42. The molecule has 1 aromatic heterocycles. The van der Waals surface area contributed by atoms with Crippen molar-refractivity contribution in [1.82, 2.24) is 9.80 Å². The van der Waals surface area contributed by atoms with E-state index in [2.05, 4.69) is 17.0 Å². The minimum Gasteiger partial charge on any atom is -0.465 e. The van der Waals surface area contributed by atoms with Gasteiger partial charge in [0.1, 0.15) is 11.5 Å². The number of benzene rings is 1. The zero-order valence-corrected chi connectivity index (χ0v) is 16.0. The molecule has 2 heterocycles. The summed E-state index contributed by atoms with van der Waals surface area (Å²) in [5.41, 5.74) is 1.15. The Labute approximate surface area is 160 Å². The Bertz CT molecular complexity index is 754. The van der Waals surface area contributed by atoms with Gasteiger partial charge in [-0.05, 0) is 43.4 Å². The molecule has 2 aromatic rings. The van der Waals surface area contributed by atoms with Gasteiger partial charge in [0.15, 0.2) is 0 Å². The fourth-order valence-corrected chi connectivity index (χ4v) is 3.58. The Morgan fingerprint density at radius 1 is 1.07 bits per heavy atom. The molecule has 5 nitrogen and oxygen atoms in total. The predicted molar refractivity (Wildman–Crippen MR) is 103 cm³/mol. The number of ether oxygens (including phenoxy) is 1. The minimum absolute atomic E-state index is 0.0387. The van der Waals surface area contributed by atoms with Crippen molar-refractivity contribution < 1.29 is 13.9 Å². The first-order valence-electron chi connectivity index (χ1n) is 9.86. The maximum atomic E-state index is 12.9. The lowest BCUT2D eigenvalue weighted by Crippen LogP contribution is -2.37. The lowest BCUT2D eigenvalue weighted by atomic mass is 10.2. The summed E-state index contributed by atoms with van der Waals surface area (Å²) in [5.74, 6) is 2.67. The van der Waals surface area contributed by atoms with E-state index in [1.807, 2.05) is 42.2 Å². The number of hydrogen-bond acceptors (Lipinski definition) is 4. The predicted octanol–water partition coefficient (Wildman–Crippen LogP) is 3.23. The highest BCUT2D eigenvalue weighted by atomic mass is 16.5. The molecule has 1 amide bonds. The maximum Gasteiger partial charge on any atom is 0.237 e. The molecule has 0 radical (unpaired) electrons. The number of nitrogens with zero attached hydrogens (tertiary/aromatic N) is 2. The summed E-state index contributed by atoms with van der Waals surface area (Å²) in [7, 11) is 0. The summed E-state index contributed by atoms with van der Waals surface area (Å²) in [5, 5.41) is 0. The molecule has 1 aromatic carbocycles. The van der Waals surface area contributed by atoms with Gasteiger partial charge in [-0.2, -0.15) is 0 Å². The van der Waals surface area contributed by atoms with Gasteiger partial charge < -0.3 is 14.1 Å². The van der Waals surface area contributed by atoms with Gasteiger partial charge >= 0.3 is 0 Å². The van der Waals surface area contributed by atoms with Crippen molar-refractivity contribution in [1.29, 1.82) is 0 Å². The van der Waals surface area contributed by atoms with E-state index in [1.54, 1.807) is 0 Å². The zero-order chi connectivity index (χ0) is 18.6. The largest absolute Gasteiger partial charge is 0.465 e. The molecule has 1 saturated carbocycles. The molecule has 1 unspecified atom stereocenters. The second-order valence-electron chi connectivity index (χ2n) is 7.84. The van der Waals surface area contributed by atoms with Gasteiger partial charge in [0.2, 0.25) is 5.91 Å². The van der Waals surface area contributed by atoms with E-state index in [-0.39, 0.29) is 12.0 Å². The monoisotopic (exact) mass is 368 g/mol. The fraction of sp³-hybridized carbons (Fsp3) is 0.500. The number of carbonyl (C=O) groups is 1. The van der Waals surface area contributed by atoms with Crippen molar-refractivity contribution in [3.63, 3.8) is 0 Å². The van der Waals surface area contributed by atoms with Crippen LogP contribution in [0.15, 0.2) is 46.9 Å². The normalized spacial score (nSPS) is 21.4. The van der Waals surface area contributed by atoms with Crippen LogP contribution in [0.1, 0.15) is 29.9 Å². The third-order valence-corrected chi connectivity index (χ3v) is 5.25. The van der Waals surface area contributed by atoms with Gasteiger partial charge in [0.05, 0.1) is 19.2 Å². The first-order chi connectivity index (χ1) is 13.2. The van der Waals surface area contributed by atoms with Gasteiger partial charge in [-0.3, -0.25) is 9.69 Å². The topological polar surface area (TPSA) is 45.9 Å². The lowest BCUT2D eigenvalue weighted by molar-refractivity contribution is -0.132. The molecular weight excluding hydrogens is 340 g/mol. The molecular formula is C22H28N2O3. The Balaban J connectivity index is 1.45. The molecule has 0 spiro atoms. The Morgan fingerprint density at radius 3 is 2.59 bits per heavy atom. The number of amides is 1. The molecule has 0 bridgehead atoms. The van der Waals surface area contributed by atoms with Crippen molar-refractivity contribution in [2.75, 3.05) is 26.2 Å². The van der Waals surface area contributed by atoms with Crippen LogP contribution in [0, 0.1) is 12.8 Å². The molecule has 1 atom stereocenters. The fourth-order valence-electron chi connectivity index (χ4n) is 3.58. The highest BCUT2D eigenvalue weighted by Crippen LogP contribution is 2.29. The molecule has 1 saturated heterocycles. The van der Waals surface area contributed by atoms with Crippen LogP contribution in [-0.4, -0.2) is 48.1 Å². The summed E-state index contributed by atoms with van der Waals surface area (Å²) in [6.07, 6.45) is 2.58. The van der Waals surface area contributed by atoms with Crippen LogP contribution in [-0.2, 0) is 22.6 Å². The first kappa shape index (κ1) is 18.3. The second kappa shape index (κ2) is 8.28. The summed E-state index contributed by atoms with van der Waals surface area (Å²) in [6.45, 7) is 5.83. The molecule has 27 heavy (non-hydrogen) atoms. The van der Waals surface area contributed by atoms with Gasteiger partial charge in [0, 0.05) is 26.2 Å². The van der Waals surface area contributed by atoms with E-state index in [1.165, 1.54) is 12.8 Å². The third kappa shape index (κ3) is 5.21. The van der Waals surface area contributed by atoms with Crippen LogP contribution in [0.4, 0.5) is 0 Å².